The first-order valence-electron chi connectivity index (χ1n) is 7.59. The van der Waals surface area contributed by atoms with Crippen LogP contribution in [-0.2, 0) is 0 Å². The number of hydrogen-bond donors (Lipinski definition) is 1. The van der Waals surface area contributed by atoms with Gasteiger partial charge in [-0.25, -0.2) is 0 Å². The molecular formula is C18H20N2O. The number of fused-ring (bicyclic) bond motifs is 1. The lowest BCUT2D eigenvalue weighted by Crippen LogP contribution is -2.43. The van der Waals surface area contributed by atoms with Gasteiger partial charge in [-0.2, -0.15) is 5.26 Å². The van der Waals surface area contributed by atoms with Crippen LogP contribution in [0, 0.1) is 11.3 Å². The predicted molar refractivity (Wildman–Crippen MR) is 84.4 cm³/mol. The number of rotatable bonds is 3. The van der Waals surface area contributed by atoms with Crippen molar-refractivity contribution in [3.63, 3.8) is 0 Å². The molecule has 1 saturated carbocycles. The van der Waals surface area contributed by atoms with E-state index in [-0.39, 0.29) is 6.10 Å². The maximum Gasteiger partial charge on any atom is 0.127 e. The lowest BCUT2D eigenvalue weighted by molar-refractivity contribution is 0.119. The second kappa shape index (κ2) is 6.15. The summed E-state index contributed by atoms with van der Waals surface area (Å²) in [7, 11) is 2.00. The number of ether oxygens (including phenoxy) is 1. The van der Waals surface area contributed by atoms with Crippen LogP contribution in [0.15, 0.2) is 36.4 Å². The second-order valence-corrected chi connectivity index (χ2v) is 5.60. The molecule has 2 aromatic rings. The summed E-state index contributed by atoms with van der Waals surface area (Å²) in [6, 6.07) is 14.4. The first-order chi connectivity index (χ1) is 10.3. The molecule has 1 N–H and O–H groups in total. The smallest absolute Gasteiger partial charge is 0.127 e. The molecule has 21 heavy (non-hydrogen) atoms. The van der Waals surface area contributed by atoms with E-state index in [1.807, 2.05) is 43.4 Å². The summed E-state index contributed by atoms with van der Waals surface area (Å²) in [6.45, 7) is 0. The van der Waals surface area contributed by atoms with Gasteiger partial charge in [0.2, 0.25) is 0 Å². The number of nitrogens with zero attached hydrogens (tertiary/aromatic N) is 1. The number of likely N-dealkylation sites (N-methyl/N-ethyl adjacent to an activating group) is 1. The van der Waals surface area contributed by atoms with E-state index in [4.69, 9.17) is 4.74 Å². The molecule has 2 atom stereocenters. The Bertz CT molecular complexity index is 674. The zero-order chi connectivity index (χ0) is 14.7. The van der Waals surface area contributed by atoms with Crippen LogP contribution >= 0.6 is 0 Å². The molecule has 2 unspecified atom stereocenters. The molecule has 0 aliphatic heterocycles. The van der Waals surface area contributed by atoms with E-state index in [0.29, 0.717) is 11.6 Å². The van der Waals surface area contributed by atoms with Gasteiger partial charge >= 0.3 is 0 Å². The minimum absolute atomic E-state index is 0.208. The average molecular weight is 280 g/mol. The lowest BCUT2D eigenvalue weighted by atomic mass is 9.92. The Balaban J connectivity index is 1.96. The fraction of sp³-hybridized carbons (Fsp3) is 0.389. The van der Waals surface area contributed by atoms with Gasteiger partial charge in [0.1, 0.15) is 11.9 Å². The Kier molecular flexibility index (Phi) is 4.08. The van der Waals surface area contributed by atoms with E-state index >= 15 is 0 Å². The normalized spacial score (nSPS) is 21.9. The number of benzene rings is 2. The highest BCUT2D eigenvalue weighted by Gasteiger charge is 2.25. The molecular weight excluding hydrogens is 260 g/mol. The SMILES string of the molecule is CNC1CCCCC1Oc1ccc(C#N)c2ccccc12. The first kappa shape index (κ1) is 13.9. The van der Waals surface area contributed by atoms with Crippen molar-refractivity contribution >= 4 is 10.8 Å². The molecule has 0 aromatic heterocycles. The molecule has 0 amide bonds. The van der Waals surface area contributed by atoms with Crippen molar-refractivity contribution in [3.05, 3.63) is 42.0 Å². The zero-order valence-electron chi connectivity index (χ0n) is 12.3. The van der Waals surface area contributed by atoms with Gasteiger partial charge in [-0.05, 0) is 38.4 Å². The minimum Gasteiger partial charge on any atom is -0.488 e. The van der Waals surface area contributed by atoms with Gasteiger partial charge in [0.15, 0.2) is 0 Å². The van der Waals surface area contributed by atoms with Crippen molar-refractivity contribution in [1.82, 2.24) is 5.32 Å². The zero-order valence-corrected chi connectivity index (χ0v) is 12.3. The summed E-state index contributed by atoms with van der Waals surface area (Å²) in [5.74, 6) is 0.886. The van der Waals surface area contributed by atoms with Crippen LogP contribution in [0.1, 0.15) is 31.2 Å². The Morgan fingerprint density at radius 1 is 1.10 bits per heavy atom. The molecule has 3 heteroatoms. The van der Waals surface area contributed by atoms with Gasteiger partial charge in [0.25, 0.3) is 0 Å². The molecule has 1 aliphatic carbocycles. The van der Waals surface area contributed by atoms with Gasteiger partial charge in [-0.15, -0.1) is 0 Å². The topological polar surface area (TPSA) is 45.0 Å². The van der Waals surface area contributed by atoms with Crippen LogP contribution in [0.5, 0.6) is 5.75 Å². The third kappa shape index (κ3) is 2.72. The van der Waals surface area contributed by atoms with Crippen LogP contribution in [-0.4, -0.2) is 19.2 Å². The largest absolute Gasteiger partial charge is 0.488 e. The van der Waals surface area contributed by atoms with Crippen LogP contribution in [0.2, 0.25) is 0 Å². The number of nitriles is 1. The lowest BCUT2D eigenvalue weighted by Gasteiger charge is -2.32. The standard InChI is InChI=1S/C18H20N2O/c1-20-16-8-4-5-9-18(16)21-17-11-10-13(12-19)14-6-2-3-7-15(14)17/h2-3,6-7,10-11,16,18,20H,4-5,8-9H2,1H3. The van der Waals surface area contributed by atoms with Gasteiger partial charge in [-0.3, -0.25) is 0 Å². The van der Waals surface area contributed by atoms with E-state index in [2.05, 4.69) is 11.4 Å². The summed E-state index contributed by atoms with van der Waals surface area (Å²) >= 11 is 0. The van der Waals surface area contributed by atoms with Gasteiger partial charge in [-0.1, -0.05) is 30.7 Å². The van der Waals surface area contributed by atoms with Crippen LogP contribution in [0.25, 0.3) is 10.8 Å². The molecule has 0 heterocycles. The molecule has 0 spiro atoms. The molecule has 0 bridgehead atoms. The van der Waals surface area contributed by atoms with Crippen molar-refractivity contribution in [2.75, 3.05) is 7.05 Å². The van der Waals surface area contributed by atoms with E-state index in [1.165, 1.54) is 12.8 Å². The summed E-state index contributed by atoms with van der Waals surface area (Å²) < 4.78 is 6.30. The molecule has 0 saturated heterocycles. The van der Waals surface area contributed by atoms with E-state index in [1.54, 1.807) is 0 Å². The van der Waals surface area contributed by atoms with Crippen LogP contribution in [0.3, 0.4) is 0 Å². The van der Waals surface area contributed by atoms with Gasteiger partial charge in [0, 0.05) is 16.8 Å². The summed E-state index contributed by atoms with van der Waals surface area (Å²) in [4.78, 5) is 0. The Hall–Kier alpha value is -2.05. The van der Waals surface area contributed by atoms with E-state index in [9.17, 15) is 5.26 Å². The number of hydrogen-bond acceptors (Lipinski definition) is 3. The highest BCUT2D eigenvalue weighted by Crippen LogP contribution is 2.31. The molecule has 3 rings (SSSR count). The van der Waals surface area contributed by atoms with Gasteiger partial charge < -0.3 is 10.1 Å². The quantitative estimate of drug-likeness (QED) is 0.934. The number of nitrogens with one attached hydrogen (secondary N) is 1. The maximum absolute atomic E-state index is 9.23. The van der Waals surface area contributed by atoms with Gasteiger partial charge in [0.05, 0.1) is 11.6 Å². The van der Waals surface area contributed by atoms with Crippen molar-refractivity contribution in [2.24, 2.45) is 0 Å². The average Bonchev–Trinajstić information content (AvgIpc) is 2.55. The maximum atomic E-state index is 9.23. The Labute approximate surface area is 125 Å². The predicted octanol–water partition coefficient (Wildman–Crippen LogP) is 3.62. The Morgan fingerprint density at radius 3 is 2.62 bits per heavy atom. The third-order valence-corrected chi connectivity index (χ3v) is 4.36. The fourth-order valence-corrected chi connectivity index (χ4v) is 3.20. The minimum atomic E-state index is 0.208. The highest BCUT2D eigenvalue weighted by molar-refractivity contribution is 5.92. The summed E-state index contributed by atoms with van der Waals surface area (Å²) in [5.41, 5.74) is 0.701. The van der Waals surface area contributed by atoms with Crippen molar-refractivity contribution in [3.8, 4) is 11.8 Å². The van der Waals surface area contributed by atoms with Crippen LogP contribution in [0.4, 0.5) is 0 Å². The fourth-order valence-electron chi connectivity index (χ4n) is 3.20. The van der Waals surface area contributed by atoms with Crippen molar-refractivity contribution in [1.29, 1.82) is 5.26 Å². The monoisotopic (exact) mass is 280 g/mol. The highest BCUT2D eigenvalue weighted by atomic mass is 16.5. The third-order valence-electron chi connectivity index (χ3n) is 4.36. The van der Waals surface area contributed by atoms with E-state index < -0.39 is 0 Å². The first-order valence-corrected chi connectivity index (χ1v) is 7.59. The summed E-state index contributed by atoms with van der Waals surface area (Å²) in [6.07, 6.45) is 4.94. The molecule has 1 fully saturated rings. The second-order valence-electron chi connectivity index (χ2n) is 5.60. The molecule has 1 aliphatic rings. The molecule has 0 radical (unpaired) electrons. The summed E-state index contributed by atoms with van der Waals surface area (Å²) in [5, 5.41) is 14.6. The van der Waals surface area contributed by atoms with Crippen LogP contribution < -0.4 is 10.1 Å². The molecule has 3 nitrogen and oxygen atoms in total. The molecule has 108 valence electrons. The Morgan fingerprint density at radius 2 is 1.86 bits per heavy atom. The van der Waals surface area contributed by atoms with Crippen molar-refractivity contribution < 1.29 is 4.74 Å². The van der Waals surface area contributed by atoms with Crippen molar-refractivity contribution in [2.45, 2.75) is 37.8 Å². The molecule has 2 aromatic carbocycles. The van der Waals surface area contributed by atoms with E-state index in [0.717, 1.165) is 29.4 Å².